The van der Waals surface area contributed by atoms with Crippen molar-refractivity contribution in [3.8, 4) is 11.3 Å². The van der Waals surface area contributed by atoms with Crippen LogP contribution in [-0.2, 0) is 22.5 Å². The minimum atomic E-state index is 0.133. The molecule has 1 amide bonds. The highest BCUT2D eigenvalue weighted by molar-refractivity contribution is 5.96. The SMILES string of the molecule is CC(=O)N1CCc2c(c(-c3cccc4ccccc34)nn2C2CCOCC2)C1. The molecule has 0 saturated carbocycles. The molecule has 2 aliphatic heterocycles. The normalized spacial score (nSPS) is 17.7. The fraction of sp³-hybridized carbons (Fsp3) is 0.391. The molecule has 5 nitrogen and oxygen atoms in total. The van der Waals surface area contributed by atoms with Gasteiger partial charge in [-0.05, 0) is 23.6 Å². The van der Waals surface area contributed by atoms with Gasteiger partial charge in [0.15, 0.2) is 0 Å². The molecule has 0 aliphatic carbocycles. The van der Waals surface area contributed by atoms with Gasteiger partial charge in [-0.3, -0.25) is 9.48 Å². The van der Waals surface area contributed by atoms with Crippen molar-refractivity contribution in [1.82, 2.24) is 14.7 Å². The summed E-state index contributed by atoms with van der Waals surface area (Å²) in [4.78, 5) is 14.0. The molecule has 5 rings (SSSR count). The van der Waals surface area contributed by atoms with Crippen LogP contribution in [0.2, 0.25) is 0 Å². The monoisotopic (exact) mass is 375 g/mol. The lowest BCUT2D eigenvalue weighted by Crippen LogP contribution is -2.35. The third kappa shape index (κ3) is 2.90. The van der Waals surface area contributed by atoms with Crippen molar-refractivity contribution < 1.29 is 9.53 Å². The minimum absolute atomic E-state index is 0.133. The van der Waals surface area contributed by atoms with Crippen LogP contribution in [0.15, 0.2) is 42.5 Å². The minimum Gasteiger partial charge on any atom is -0.381 e. The first kappa shape index (κ1) is 17.4. The predicted molar refractivity (Wildman–Crippen MR) is 109 cm³/mol. The van der Waals surface area contributed by atoms with Crippen molar-refractivity contribution in [2.75, 3.05) is 19.8 Å². The number of benzene rings is 2. The Morgan fingerprint density at radius 3 is 2.71 bits per heavy atom. The Balaban J connectivity index is 1.68. The molecule has 3 heterocycles. The third-order valence-corrected chi connectivity index (χ3v) is 6.11. The van der Waals surface area contributed by atoms with Crippen molar-refractivity contribution in [3.63, 3.8) is 0 Å². The molecular weight excluding hydrogens is 350 g/mol. The molecule has 5 heteroatoms. The maximum Gasteiger partial charge on any atom is 0.219 e. The van der Waals surface area contributed by atoms with Gasteiger partial charge < -0.3 is 9.64 Å². The molecule has 0 bridgehead atoms. The smallest absolute Gasteiger partial charge is 0.219 e. The van der Waals surface area contributed by atoms with E-state index in [1.54, 1.807) is 6.92 Å². The van der Waals surface area contributed by atoms with E-state index in [2.05, 4.69) is 47.1 Å². The zero-order chi connectivity index (χ0) is 19.1. The average molecular weight is 375 g/mol. The summed E-state index contributed by atoms with van der Waals surface area (Å²) in [5, 5.41) is 7.58. The number of ether oxygens (including phenoxy) is 1. The summed E-state index contributed by atoms with van der Waals surface area (Å²) in [6, 6.07) is 15.2. The van der Waals surface area contributed by atoms with Crippen molar-refractivity contribution in [2.45, 2.75) is 38.8 Å². The maximum absolute atomic E-state index is 12.1. The lowest BCUT2D eigenvalue weighted by molar-refractivity contribution is -0.129. The Hall–Kier alpha value is -2.66. The number of fused-ring (bicyclic) bond motifs is 2. The van der Waals surface area contributed by atoms with Crippen LogP contribution in [0.5, 0.6) is 0 Å². The van der Waals surface area contributed by atoms with Crippen LogP contribution in [-0.4, -0.2) is 40.3 Å². The molecule has 2 aliphatic rings. The lowest BCUT2D eigenvalue weighted by Gasteiger charge is -2.29. The van der Waals surface area contributed by atoms with Crippen LogP contribution in [0.25, 0.3) is 22.0 Å². The summed E-state index contributed by atoms with van der Waals surface area (Å²) < 4.78 is 7.83. The molecule has 3 aromatic rings. The number of hydrogen-bond acceptors (Lipinski definition) is 3. The summed E-state index contributed by atoms with van der Waals surface area (Å²) in [5.74, 6) is 0.133. The number of hydrogen-bond donors (Lipinski definition) is 0. The molecule has 0 atom stereocenters. The van der Waals surface area contributed by atoms with E-state index in [9.17, 15) is 4.79 Å². The Bertz CT molecular complexity index is 1030. The molecule has 2 aromatic carbocycles. The summed E-state index contributed by atoms with van der Waals surface area (Å²) in [6.45, 7) is 4.66. The number of carbonyl (C=O) groups is 1. The molecule has 1 aromatic heterocycles. The van der Waals surface area contributed by atoms with E-state index >= 15 is 0 Å². The fourth-order valence-electron chi connectivity index (χ4n) is 4.59. The topological polar surface area (TPSA) is 47.4 Å². The highest BCUT2D eigenvalue weighted by atomic mass is 16.5. The molecule has 0 radical (unpaired) electrons. The van der Waals surface area contributed by atoms with Gasteiger partial charge in [0, 0.05) is 56.5 Å². The van der Waals surface area contributed by atoms with E-state index in [1.807, 2.05) is 4.90 Å². The summed E-state index contributed by atoms with van der Waals surface area (Å²) in [5.41, 5.74) is 4.70. The van der Waals surface area contributed by atoms with Crippen LogP contribution in [0.1, 0.15) is 37.1 Å². The van der Waals surface area contributed by atoms with Crippen LogP contribution < -0.4 is 0 Å². The maximum atomic E-state index is 12.1. The van der Waals surface area contributed by atoms with Gasteiger partial charge in [0.05, 0.1) is 11.7 Å². The van der Waals surface area contributed by atoms with E-state index < -0.39 is 0 Å². The largest absolute Gasteiger partial charge is 0.381 e. The number of carbonyl (C=O) groups excluding carboxylic acids is 1. The molecule has 28 heavy (non-hydrogen) atoms. The summed E-state index contributed by atoms with van der Waals surface area (Å²) in [6.07, 6.45) is 2.86. The first-order valence-corrected chi connectivity index (χ1v) is 10.1. The van der Waals surface area contributed by atoms with Crippen molar-refractivity contribution in [2.24, 2.45) is 0 Å². The predicted octanol–water partition coefficient (Wildman–Crippen LogP) is 3.96. The number of amides is 1. The molecule has 0 unspecified atom stereocenters. The van der Waals surface area contributed by atoms with Gasteiger partial charge in [-0.2, -0.15) is 5.10 Å². The van der Waals surface area contributed by atoms with Crippen LogP contribution >= 0.6 is 0 Å². The van der Waals surface area contributed by atoms with Crippen molar-refractivity contribution in [3.05, 3.63) is 53.7 Å². The van der Waals surface area contributed by atoms with Gasteiger partial charge in [0.25, 0.3) is 0 Å². The number of aromatic nitrogens is 2. The molecule has 1 fully saturated rings. The Morgan fingerprint density at radius 2 is 1.89 bits per heavy atom. The Kier molecular flexibility index (Phi) is 4.40. The van der Waals surface area contributed by atoms with Gasteiger partial charge in [0.1, 0.15) is 0 Å². The average Bonchev–Trinajstić information content (AvgIpc) is 3.12. The number of rotatable bonds is 2. The quantitative estimate of drug-likeness (QED) is 0.681. The van der Waals surface area contributed by atoms with Gasteiger partial charge in [-0.15, -0.1) is 0 Å². The van der Waals surface area contributed by atoms with Crippen LogP contribution in [0.3, 0.4) is 0 Å². The third-order valence-electron chi connectivity index (χ3n) is 6.11. The Labute approximate surface area is 164 Å². The fourth-order valence-corrected chi connectivity index (χ4v) is 4.59. The second kappa shape index (κ2) is 7.06. The summed E-state index contributed by atoms with van der Waals surface area (Å²) in [7, 11) is 0. The van der Waals surface area contributed by atoms with Crippen molar-refractivity contribution in [1.29, 1.82) is 0 Å². The first-order valence-electron chi connectivity index (χ1n) is 10.1. The summed E-state index contributed by atoms with van der Waals surface area (Å²) >= 11 is 0. The molecule has 1 saturated heterocycles. The van der Waals surface area contributed by atoms with E-state index in [4.69, 9.17) is 9.84 Å². The molecule has 0 spiro atoms. The van der Waals surface area contributed by atoms with Crippen molar-refractivity contribution >= 4 is 16.7 Å². The van der Waals surface area contributed by atoms with Crippen LogP contribution in [0, 0.1) is 0 Å². The zero-order valence-electron chi connectivity index (χ0n) is 16.2. The van der Waals surface area contributed by atoms with E-state index in [0.29, 0.717) is 12.6 Å². The van der Waals surface area contributed by atoms with Gasteiger partial charge in [-0.1, -0.05) is 42.5 Å². The highest BCUT2D eigenvalue weighted by Crippen LogP contribution is 2.36. The van der Waals surface area contributed by atoms with E-state index in [0.717, 1.165) is 50.3 Å². The Morgan fingerprint density at radius 1 is 1.11 bits per heavy atom. The van der Waals surface area contributed by atoms with E-state index in [1.165, 1.54) is 22.0 Å². The van der Waals surface area contributed by atoms with Gasteiger partial charge >= 0.3 is 0 Å². The first-order chi connectivity index (χ1) is 13.7. The second-order valence-corrected chi connectivity index (χ2v) is 7.78. The van der Waals surface area contributed by atoms with Gasteiger partial charge in [0.2, 0.25) is 5.91 Å². The number of nitrogens with zero attached hydrogens (tertiary/aromatic N) is 3. The second-order valence-electron chi connectivity index (χ2n) is 7.78. The highest BCUT2D eigenvalue weighted by Gasteiger charge is 2.30. The zero-order valence-corrected chi connectivity index (χ0v) is 16.2. The molecule has 144 valence electrons. The molecular formula is C23H25N3O2. The van der Waals surface area contributed by atoms with Gasteiger partial charge in [-0.25, -0.2) is 0 Å². The van der Waals surface area contributed by atoms with E-state index in [-0.39, 0.29) is 5.91 Å². The molecule has 0 N–H and O–H groups in total. The lowest BCUT2D eigenvalue weighted by atomic mass is 9.96. The standard InChI is InChI=1S/C23H25N3O2/c1-16(27)25-12-9-22-21(15-25)23(24-26(22)18-10-13-28-14-11-18)20-8-4-6-17-5-2-3-7-19(17)20/h2-8,18H,9-15H2,1H3. The van der Waals surface area contributed by atoms with Crippen LogP contribution in [0.4, 0.5) is 0 Å².